The number of carboxylic acid groups (broad SMARTS) is 1. The van der Waals surface area contributed by atoms with Crippen LogP contribution in [0.3, 0.4) is 0 Å². The molecule has 0 aromatic heterocycles. The van der Waals surface area contributed by atoms with Gasteiger partial charge in [-0.2, -0.15) is 0 Å². The molecule has 1 saturated heterocycles. The van der Waals surface area contributed by atoms with Gasteiger partial charge in [-0.3, -0.25) is 4.90 Å². The Hall–Kier alpha value is -0.610. The summed E-state index contributed by atoms with van der Waals surface area (Å²) in [5.74, 6) is -0.486. The maximum absolute atomic E-state index is 10.2. The van der Waals surface area contributed by atoms with Crippen LogP contribution in [0.4, 0.5) is 0 Å². The Bertz CT molecular complexity index is 154. The molecule has 1 aliphatic rings. The van der Waals surface area contributed by atoms with Gasteiger partial charge in [0.15, 0.2) is 6.10 Å². The summed E-state index contributed by atoms with van der Waals surface area (Å²) in [4.78, 5) is 12.1. The molecule has 1 atom stereocenters. The molecular weight excluding hydrogens is 146 g/mol. The molecule has 0 aliphatic carbocycles. The molecule has 0 aromatic rings. The fourth-order valence-corrected chi connectivity index (χ4v) is 1.30. The van der Waals surface area contributed by atoms with E-state index in [9.17, 15) is 4.79 Å². The van der Waals surface area contributed by atoms with Gasteiger partial charge in [0, 0.05) is 19.6 Å². The number of aliphatic hydroxyl groups is 1. The third-order valence-corrected chi connectivity index (χ3v) is 1.86. The summed E-state index contributed by atoms with van der Waals surface area (Å²) in [5.41, 5.74) is 0. The Morgan fingerprint density at radius 2 is 2.27 bits per heavy atom. The standard InChI is InChI=1S/C7H13NO3/c1-5-2-8(3-5)4-6(9)7(10)11/h5-6,9H,2-4H2,1H3,(H,10,11). The number of carboxylic acids is 1. The second kappa shape index (κ2) is 3.19. The van der Waals surface area contributed by atoms with Crippen molar-refractivity contribution in [2.24, 2.45) is 5.92 Å². The quantitative estimate of drug-likeness (QED) is 0.576. The molecule has 1 fully saturated rings. The second-order valence-electron chi connectivity index (χ2n) is 3.18. The van der Waals surface area contributed by atoms with Crippen molar-refractivity contribution in [1.82, 2.24) is 4.90 Å². The fourth-order valence-electron chi connectivity index (χ4n) is 1.30. The zero-order chi connectivity index (χ0) is 8.43. The molecule has 0 aromatic carbocycles. The van der Waals surface area contributed by atoms with Crippen molar-refractivity contribution in [3.8, 4) is 0 Å². The topological polar surface area (TPSA) is 60.8 Å². The first kappa shape index (κ1) is 8.49. The van der Waals surface area contributed by atoms with E-state index in [4.69, 9.17) is 10.2 Å². The molecule has 0 radical (unpaired) electrons. The third kappa shape index (κ3) is 2.17. The number of aliphatic carboxylic acids is 1. The molecule has 1 rings (SSSR count). The molecule has 4 nitrogen and oxygen atoms in total. The summed E-state index contributed by atoms with van der Waals surface area (Å²) in [7, 11) is 0. The number of carbonyl (C=O) groups is 1. The molecule has 0 saturated carbocycles. The second-order valence-corrected chi connectivity index (χ2v) is 3.18. The van der Waals surface area contributed by atoms with Crippen molar-refractivity contribution in [2.45, 2.75) is 13.0 Å². The highest BCUT2D eigenvalue weighted by Crippen LogP contribution is 2.13. The predicted octanol–water partition coefficient (Wildman–Crippen LogP) is -0.616. The largest absolute Gasteiger partial charge is 0.479 e. The molecule has 1 unspecified atom stereocenters. The van der Waals surface area contributed by atoms with E-state index in [1.807, 2.05) is 4.90 Å². The first-order valence-electron chi connectivity index (χ1n) is 3.73. The predicted molar refractivity (Wildman–Crippen MR) is 39.2 cm³/mol. The van der Waals surface area contributed by atoms with Crippen LogP contribution in [-0.2, 0) is 4.79 Å². The van der Waals surface area contributed by atoms with Crippen LogP contribution < -0.4 is 0 Å². The fraction of sp³-hybridized carbons (Fsp3) is 0.857. The average molecular weight is 159 g/mol. The summed E-state index contributed by atoms with van der Waals surface area (Å²) in [6, 6.07) is 0. The van der Waals surface area contributed by atoms with Crippen LogP contribution in [-0.4, -0.2) is 46.8 Å². The minimum absolute atomic E-state index is 0.264. The molecule has 0 spiro atoms. The van der Waals surface area contributed by atoms with Gasteiger partial charge in [-0.1, -0.05) is 6.92 Å². The van der Waals surface area contributed by atoms with E-state index in [1.54, 1.807) is 0 Å². The van der Waals surface area contributed by atoms with E-state index in [0.717, 1.165) is 13.1 Å². The summed E-state index contributed by atoms with van der Waals surface area (Å²) >= 11 is 0. The van der Waals surface area contributed by atoms with Crippen LogP contribution in [0.2, 0.25) is 0 Å². The highest BCUT2D eigenvalue weighted by atomic mass is 16.4. The molecule has 1 heterocycles. The molecule has 11 heavy (non-hydrogen) atoms. The molecular formula is C7H13NO3. The van der Waals surface area contributed by atoms with Crippen molar-refractivity contribution in [3.05, 3.63) is 0 Å². The Labute approximate surface area is 65.4 Å². The normalized spacial score (nSPS) is 22.7. The number of rotatable bonds is 3. The van der Waals surface area contributed by atoms with E-state index in [2.05, 4.69) is 6.92 Å². The van der Waals surface area contributed by atoms with Crippen LogP contribution in [0.5, 0.6) is 0 Å². The number of likely N-dealkylation sites (tertiary alicyclic amines) is 1. The van der Waals surface area contributed by atoms with E-state index in [-0.39, 0.29) is 6.54 Å². The minimum atomic E-state index is -1.22. The maximum atomic E-state index is 10.2. The van der Waals surface area contributed by atoms with Crippen molar-refractivity contribution in [3.63, 3.8) is 0 Å². The smallest absolute Gasteiger partial charge is 0.333 e. The number of nitrogens with zero attached hydrogens (tertiary/aromatic N) is 1. The van der Waals surface area contributed by atoms with Gasteiger partial charge in [0.1, 0.15) is 0 Å². The summed E-state index contributed by atoms with van der Waals surface area (Å²) in [6.07, 6.45) is -1.22. The van der Waals surface area contributed by atoms with Crippen molar-refractivity contribution in [1.29, 1.82) is 0 Å². The Kier molecular flexibility index (Phi) is 2.46. The van der Waals surface area contributed by atoms with Gasteiger partial charge in [-0.15, -0.1) is 0 Å². The Morgan fingerprint density at radius 3 is 2.64 bits per heavy atom. The van der Waals surface area contributed by atoms with Gasteiger partial charge >= 0.3 is 5.97 Å². The van der Waals surface area contributed by atoms with Crippen LogP contribution >= 0.6 is 0 Å². The lowest BCUT2D eigenvalue weighted by molar-refractivity contribution is -0.148. The number of hydrogen-bond donors (Lipinski definition) is 2. The zero-order valence-electron chi connectivity index (χ0n) is 6.53. The van der Waals surface area contributed by atoms with Gasteiger partial charge < -0.3 is 10.2 Å². The van der Waals surface area contributed by atoms with Gasteiger partial charge in [-0.05, 0) is 5.92 Å². The maximum Gasteiger partial charge on any atom is 0.333 e. The van der Waals surface area contributed by atoms with E-state index in [0.29, 0.717) is 5.92 Å². The number of hydrogen-bond acceptors (Lipinski definition) is 3. The Morgan fingerprint density at radius 1 is 1.73 bits per heavy atom. The molecule has 2 N–H and O–H groups in total. The number of β-amino-alcohol motifs (C(OH)–C–C–N with tert-alkyl or cyclic N) is 1. The monoisotopic (exact) mass is 159 g/mol. The lowest BCUT2D eigenvalue weighted by Gasteiger charge is -2.37. The van der Waals surface area contributed by atoms with E-state index in [1.165, 1.54) is 0 Å². The van der Waals surface area contributed by atoms with Gasteiger partial charge in [-0.25, -0.2) is 4.79 Å². The van der Waals surface area contributed by atoms with Gasteiger partial charge in [0.05, 0.1) is 0 Å². The SMILES string of the molecule is CC1CN(CC(O)C(=O)O)C1. The number of aliphatic hydroxyl groups excluding tert-OH is 1. The first-order valence-corrected chi connectivity index (χ1v) is 3.73. The highest BCUT2D eigenvalue weighted by molar-refractivity contribution is 5.72. The van der Waals surface area contributed by atoms with Crippen molar-refractivity contribution < 1.29 is 15.0 Å². The lowest BCUT2D eigenvalue weighted by Crippen LogP contribution is -2.49. The average Bonchev–Trinajstić information content (AvgIpc) is 1.84. The molecule has 64 valence electrons. The van der Waals surface area contributed by atoms with Crippen LogP contribution in [0.25, 0.3) is 0 Å². The third-order valence-electron chi connectivity index (χ3n) is 1.86. The highest BCUT2D eigenvalue weighted by Gasteiger charge is 2.26. The molecule has 0 amide bonds. The van der Waals surface area contributed by atoms with Crippen molar-refractivity contribution >= 4 is 5.97 Å². The van der Waals surface area contributed by atoms with Crippen LogP contribution in [0.15, 0.2) is 0 Å². The molecule has 4 heteroatoms. The summed E-state index contributed by atoms with van der Waals surface area (Å²) in [5, 5.41) is 17.2. The summed E-state index contributed by atoms with van der Waals surface area (Å²) < 4.78 is 0. The lowest BCUT2D eigenvalue weighted by atomic mass is 10.0. The zero-order valence-corrected chi connectivity index (χ0v) is 6.53. The molecule has 1 aliphatic heterocycles. The van der Waals surface area contributed by atoms with Gasteiger partial charge in [0.2, 0.25) is 0 Å². The molecule has 0 bridgehead atoms. The van der Waals surface area contributed by atoms with E-state index >= 15 is 0 Å². The van der Waals surface area contributed by atoms with Crippen LogP contribution in [0, 0.1) is 5.92 Å². The van der Waals surface area contributed by atoms with E-state index < -0.39 is 12.1 Å². The first-order chi connectivity index (χ1) is 5.09. The van der Waals surface area contributed by atoms with Crippen molar-refractivity contribution in [2.75, 3.05) is 19.6 Å². The van der Waals surface area contributed by atoms with Crippen LogP contribution in [0.1, 0.15) is 6.92 Å². The summed E-state index contributed by atoms with van der Waals surface area (Å²) in [6.45, 7) is 4.18. The Balaban J connectivity index is 2.16. The van der Waals surface area contributed by atoms with Gasteiger partial charge in [0.25, 0.3) is 0 Å². The minimum Gasteiger partial charge on any atom is -0.479 e.